The van der Waals surface area contributed by atoms with Gasteiger partial charge in [-0.05, 0) is 19.9 Å². The van der Waals surface area contributed by atoms with Crippen molar-refractivity contribution in [3.63, 3.8) is 0 Å². The van der Waals surface area contributed by atoms with E-state index in [4.69, 9.17) is 0 Å². The van der Waals surface area contributed by atoms with Crippen LogP contribution in [-0.2, 0) is 4.79 Å². The highest BCUT2D eigenvalue weighted by atomic mass is 32.2. The average molecular weight is 307 g/mol. The molecule has 2 N–H and O–H groups in total. The second-order valence-corrected chi connectivity index (χ2v) is 5.57. The van der Waals surface area contributed by atoms with Gasteiger partial charge in [-0.2, -0.15) is 0 Å². The standard InChI is InChI=1S/C12H13N5O3S/c1-7(21-12-13-8(2)15-16-12)11(18)14-9-4-3-5-10(6-9)17(19)20/h3-7H,1-2H3,(H,14,18)(H,13,15,16). The SMILES string of the molecule is Cc1nc(SC(C)C(=O)Nc2cccc([N+](=O)[O-])c2)n[nH]1. The number of rotatable bonds is 5. The van der Waals surface area contributed by atoms with Crippen LogP contribution in [0.25, 0.3) is 0 Å². The van der Waals surface area contributed by atoms with E-state index in [1.165, 1.54) is 30.0 Å². The van der Waals surface area contributed by atoms with Gasteiger partial charge in [-0.3, -0.25) is 20.0 Å². The number of nitro groups is 1. The molecule has 0 aliphatic heterocycles. The summed E-state index contributed by atoms with van der Waals surface area (Å²) in [6, 6.07) is 5.79. The van der Waals surface area contributed by atoms with Crippen molar-refractivity contribution in [2.75, 3.05) is 5.32 Å². The zero-order chi connectivity index (χ0) is 15.4. The van der Waals surface area contributed by atoms with Gasteiger partial charge in [0.2, 0.25) is 11.1 Å². The number of nitrogens with one attached hydrogen (secondary N) is 2. The summed E-state index contributed by atoms with van der Waals surface area (Å²) in [4.78, 5) is 26.3. The molecule has 0 saturated carbocycles. The molecule has 0 aliphatic rings. The van der Waals surface area contributed by atoms with Crippen molar-refractivity contribution in [3.8, 4) is 0 Å². The highest BCUT2D eigenvalue weighted by molar-refractivity contribution is 8.00. The molecule has 0 spiro atoms. The van der Waals surface area contributed by atoms with Crippen molar-refractivity contribution in [1.82, 2.24) is 15.2 Å². The summed E-state index contributed by atoms with van der Waals surface area (Å²) >= 11 is 1.20. The maximum Gasteiger partial charge on any atom is 0.271 e. The van der Waals surface area contributed by atoms with Crippen LogP contribution in [0, 0.1) is 17.0 Å². The zero-order valence-corrected chi connectivity index (χ0v) is 12.2. The molecule has 0 aliphatic carbocycles. The van der Waals surface area contributed by atoms with Gasteiger partial charge in [0.15, 0.2) is 0 Å². The lowest BCUT2D eigenvalue weighted by Crippen LogP contribution is -2.22. The number of nitro benzene ring substituents is 1. The summed E-state index contributed by atoms with van der Waals surface area (Å²) in [6.07, 6.45) is 0. The van der Waals surface area contributed by atoms with Crippen LogP contribution in [0.2, 0.25) is 0 Å². The number of hydrogen-bond donors (Lipinski definition) is 2. The first kappa shape index (κ1) is 15.0. The summed E-state index contributed by atoms with van der Waals surface area (Å²) in [7, 11) is 0. The molecule has 9 heteroatoms. The molecule has 0 radical (unpaired) electrons. The molecule has 2 rings (SSSR count). The Bertz CT molecular complexity index is 672. The van der Waals surface area contributed by atoms with Gasteiger partial charge in [-0.1, -0.05) is 17.8 Å². The fraction of sp³-hybridized carbons (Fsp3) is 0.250. The number of nitrogens with zero attached hydrogens (tertiary/aromatic N) is 3. The van der Waals surface area contributed by atoms with E-state index in [-0.39, 0.29) is 11.6 Å². The predicted molar refractivity (Wildman–Crippen MR) is 78.2 cm³/mol. The number of amides is 1. The van der Waals surface area contributed by atoms with Gasteiger partial charge in [0.05, 0.1) is 10.2 Å². The van der Waals surface area contributed by atoms with E-state index in [2.05, 4.69) is 20.5 Å². The first-order valence-corrected chi connectivity index (χ1v) is 6.94. The second kappa shape index (κ2) is 6.35. The minimum atomic E-state index is -0.510. The number of non-ortho nitro benzene ring substituents is 1. The number of H-pyrrole nitrogens is 1. The van der Waals surface area contributed by atoms with Crippen molar-refractivity contribution in [1.29, 1.82) is 0 Å². The Balaban J connectivity index is 2.00. The number of anilines is 1. The molecule has 0 fully saturated rings. The highest BCUT2D eigenvalue weighted by Crippen LogP contribution is 2.22. The maximum absolute atomic E-state index is 12.0. The fourth-order valence-electron chi connectivity index (χ4n) is 1.53. The van der Waals surface area contributed by atoms with Crippen LogP contribution in [0.15, 0.2) is 29.4 Å². The highest BCUT2D eigenvalue weighted by Gasteiger charge is 2.17. The Kier molecular flexibility index (Phi) is 4.53. The Labute approximate surface area is 124 Å². The lowest BCUT2D eigenvalue weighted by atomic mass is 10.2. The number of aromatic amines is 1. The molecule has 1 atom stereocenters. The Hall–Kier alpha value is -2.42. The van der Waals surface area contributed by atoms with Crippen molar-refractivity contribution in [3.05, 3.63) is 40.2 Å². The third kappa shape index (κ3) is 4.02. The van der Waals surface area contributed by atoms with Crippen LogP contribution in [0.4, 0.5) is 11.4 Å². The largest absolute Gasteiger partial charge is 0.325 e. The van der Waals surface area contributed by atoms with Crippen LogP contribution >= 0.6 is 11.8 Å². The van der Waals surface area contributed by atoms with Crippen molar-refractivity contribution in [2.45, 2.75) is 24.3 Å². The molecule has 0 saturated heterocycles. The number of thioether (sulfide) groups is 1. The normalized spacial score (nSPS) is 11.9. The summed E-state index contributed by atoms with van der Waals surface area (Å²) < 4.78 is 0. The van der Waals surface area contributed by atoms with Crippen LogP contribution in [0.1, 0.15) is 12.7 Å². The van der Waals surface area contributed by atoms with Gasteiger partial charge in [-0.25, -0.2) is 4.98 Å². The lowest BCUT2D eigenvalue weighted by Gasteiger charge is -2.09. The predicted octanol–water partition coefficient (Wildman–Crippen LogP) is 2.14. The molecule has 0 bridgehead atoms. The molecule has 1 heterocycles. The van der Waals surface area contributed by atoms with E-state index in [0.29, 0.717) is 16.7 Å². The van der Waals surface area contributed by atoms with Gasteiger partial charge in [0.25, 0.3) is 5.69 Å². The molecule has 8 nitrogen and oxygen atoms in total. The lowest BCUT2D eigenvalue weighted by molar-refractivity contribution is -0.384. The summed E-state index contributed by atoms with van der Waals surface area (Å²) in [5, 5.41) is 20.0. The van der Waals surface area contributed by atoms with Crippen LogP contribution in [0.5, 0.6) is 0 Å². The molecule has 1 unspecified atom stereocenters. The van der Waals surface area contributed by atoms with Crippen LogP contribution in [0.3, 0.4) is 0 Å². The smallest absolute Gasteiger partial charge is 0.271 e. The maximum atomic E-state index is 12.0. The molecule has 21 heavy (non-hydrogen) atoms. The van der Waals surface area contributed by atoms with E-state index in [9.17, 15) is 14.9 Å². The van der Waals surface area contributed by atoms with Crippen molar-refractivity contribution in [2.24, 2.45) is 0 Å². The topological polar surface area (TPSA) is 114 Å². The van der Waals surface area contributed by atoms with Crippen LogP contribution in [-0.4, -0.2) is 31.3 Å². The van der Waals surface area contributed by atoms with Crippen molar-refractivity contribution < 1.29 is 9.72 Å². The Morgan fingerprint density at radius 1 is 1.52 bits per heavy atom. The number of benzene rings is 1. The van der Waals surface area contributed by atoms with Gasteiger partial charge in [0, 0.05) is 17.8 Å². The van der Waals surface area contributed by atoms with Crippen molar-refractivity contribution >= 4 is 29.0 Å². The Morgan fingerprint density at radius 2 is 2.29 bits per heavy atom. The summed E-state index contributed by atoms with van der Waals surface area (Å²) in [6.45, 7) is 3.48. The van der Waals surface area contributed by atoms with E-state index in [1.54, 1.807) is 19.9 Å². The van der Waals surface area contributed by atoms with Gasteiger partial charge >= 0.3 is 0 Å². The van der Waals surface area contributed by atoms with E-state index in [0.717, 1.165) is 0 Å². The molecule has 2 aromatic rings. The summed E-state index contributed by atoms with van der Waals surface area (Å²) in [5.41, 5.74) is 0.311. The first-order chi connectivity index (χ1) is 9.95. The minimum Gasteiger partial charge on any atom is -0.325 e. The second-order valence-electron chi connectivity index (χ2n) is 4.26. The molecule has 1 aromatic carbocycles. The third-order valence-corrected chi connectivity index (χ3v) is 3.51. The molecule has 1 amide bonds. The van der Waals surface area contributed by atoms with Gasteiger partial charge in [0.1, 0.15) is 5.82 Å². The quantitative estimate of drug-likeness (QED) is 0.497. The van der Waals surface area contributed by atoms with Gasteiger partial charge < -0.3 is 5.32 Å². The third-order valence-electron chi connectivity index (χ3n) is 2.55. The zero-order valence-electron chi connectivity index (χ0n) is 11.4. The minimum absolute atomic E-state index is 0.0716. The molecular formula is C12H13N5O3S. The number of carbonyl (C=O) groups excluding carboxylic acids is 1. The number of aryl methyl sites for hydroxylation is 1. The van der Waals surface area contributed by atoms with E-state index in [1.807, 2.05) is 0 Å². The van der Waals surface area contributed by atoms with Gasteiger partial charge in [-0.15, -0.1) is 5.10 Å². The number of aromatic nitrogens is 3. The van der Waals surface area contributed by atoms with Crippen LogP contribution < -0.4 is 5.32 Å². The van der Waals surface area contributed by atoms with E-state index >= 15 is 0 Å². The molecule has 110 valence electrons. The number of hydrogen-bond acceptors (Lipinski definition) is 6. The Morgan fingerprint density at radius 3 is 2.90 bits per heavy atom. The van der Waals surface area contributed by atoms with E-state index < -0.39 is 10.2 Å². The number of carbonyl (C=O) groups is 1. The first-order valence-electron chi connectivity index (χ1n) is 6.06. The monoisotopic (exact) mass is 307 g/mol. The molecular weight excluding hydrogens is 294 g/mol. The average Bonchev–Trinajstić information content (AvgIpc) is 2.84. The fourth-order valence-corrected chi connectivity index (χ4v) is 2.30. The summed E-state index contributed by atoms with van der Waals surface area (Å²) in [5.74, 6) is 0.395. The molecule has 1 aromatic heterocycles.